The van der Waals surface area contributed by atoms with Gasteiger partial charge in [0.2, 0.25) is 0 Å². The molecule has 0 saturated carbocycles. The quantitative estimate of drug-likeness (QED) is 0.323. The number of anilines is 1. The molecule has 0 spiro atoms. The number of fused-ring (bicyclic) bond motifs is 1. The lowest BCUT2D eigenvalue weighted by Gasteiger charge is -2.11. The minimum Gasteiger partial charge on any atom is -0.366 e. The Balaban J connectivity index is 1.61. The molecule has 0 aliphatic heterocycles. The fourth-order valence-electron chi connectivity index (χ4n) is 2.90. The van der Waals surface area contributed by atoms with Crippen molar-refractivity contribution in [2.75, 3.05) is 5.32 Å². The number of halogens is 2. The van der Waals surface area contributed by atoms with E-state index in [1.807, 2.05) is 18.2 Å². The van der Waals surface area contributed by atoms with E-state index in [2.05, 4.69) is 15.4 Å². The first kappa shape index (κ1) is 19.2. The van der Waals surface area contributed by atoms with Gasteiger partial charge in [0, 0.05) is 29.8 Å². The van der Waals surface area contributed by atoms with Crippen LogP contribution in [0.3, 0.4) is 0 Å². The third-order valence-electron chi connectivity index (χ3n) is 4.37. The molecule has 9 heteroatoms. The summed E-state index contributed by atoms with van der Waals surface area (Å²) in [6.07, 6.45) is 1.68. The average Bonchev–Trinajstić information content (AvgIpc) is 3.22. The molecular weight excluding hydrogens is 413 g/mol. The molecule has 0 radical (unpaired) electrons. The van der Waals surface area contributed by atoms with E-state index in [9.17, 15) is 4.79 Å². The molecule has 2 aromatic heterocycles. The lowest BCUT2D eigenvalue weighted by molar-refractivity contribution is 0.0706. The summed E-state index contributed by atoms with van der Waals surface area (Å²) in [7, 11) is 0. The number of benzene rings is 2. The fourth-order valence-corrected chi connectivity index (χ4v) is 3.19. The molecule has 0 bridgehead atoms. The van der Waals surface area contributed by atoms with E-state index in [0.717, 1.165) is 16.8 Å². The van der Waals surface area contributed by atoms with Crippen molar-refractivity contribution >= 4 is 40.6 Å². The number of hydrogen-bond acceptors (Lipinski definition) is 5. The Morgan fingerprint density at radius 2 is 1.83 bits per heavy atom. The molecular formula is C20H15Cl2N5O2. The SMILES string of the molecule is O=C(NO)c1ccc(CNc2cc(-c3ccc(Cl)c(Cl)c3)n3nccc3n2)cc1. The van der Waals surface area contributed by atoms with Gasteiger partial charge in [-0.15, -0.1) is 0 Å². The van der Waals surface area contributed by atoms with E-state index in [0.29, 0.717) is 33.6 Å². The summed E-state index contributed by atoms with van der Waals surface area (Å²) in [6, 6.07) is 16.0. The van der Waals surface area contributed by atoms with Crippen molar-refractivity contribution in [3.63, 3.8) is 0 Å². The highest BCUT2D eigenvalue weighted by Gasteiger charge is 2.11. The molecule has 29 heavy (non-hydrogen) atoms. The van der Waals surface area contributed by atoms with Crippen molar-refractivity contribution in [3.8, 4) is 11.3 Å². The normalized spacial score (nSPS) is 10.9. The van der Waals surface area contributed by atoms with E-state index in [4.69, 9.17) is 28.4 Å². The number of aromatic nitrogens is 3. The Morgan fingerprint density at radius 3 is 2.55 bits per heavy atom. The second kappa shape index (κ2) is 8.08. The number of nitrogens with one attached hydrogen (secondary N) is 2. The van der Waals surface area contributed by atoms with Crippen LogP contribution in [0.25, 0.3) is 16.9 Å². The van der Waals surface area contributed by atoms with Gasteiger partial charge in [-0.2, -0.15) is 5.10 Å². The van der Waals surface area contributed by atoms with Crippen LogP contribution in [0.4, 0.5) is 5.82 Å². The third kappa shape index (κ3) is 4.02. The summed E-state index contributed by atoms with van der Waals surface area (Å²) in [5.41, 5.74) is 5.29. The van der Waals surface area contributed by atoms with Gasteiger partial charge in [-0.25, -0.2) is 15.0 Å². The van der Waals surface area contributed by atoms with E-state index in [1.54, 1.807) is 52.6 Å². The van der Waals surface area contributed by atoms with Crippen molar-refractivity contribution in [1.29, 1.82) is 0 Å². The molecule has 0 aliphatic carbocycles. The Kier molecular flexibility index (Phi) is 5.35. The minimum absolute atomic E-state index is 0.372. The smallest absolute Gasteiger partial charge is 0.274 e. The van der Waals surface area contributed by atoms with Crippen molar-refractivity contribution in [3.05, 3.63) is 82.0 Å². The molecule has 2 heterocycles. The number of carbonyl (C=O) groups is 1. The molecule has 4 rings (SSSR count). The molecule has 3 N–H and O–H groups in total. The molecule has 0 atom stereocenters. The zero-order valence-corrected chi connectivity index (χ0v) is 16.4. The van der Waals surface area contributed by atoms with Crippen molar-refractivity contribution in [2.24, 2.45) is 0 Å². The molecule has 0 saturated heterocycles. The maximum atomic E-state index is 11.4. The monoisotopic (exact) mass is 427 g/mol. The minimum atomic E-state index is -0.552. The van der Waals surface area contributed by atoms with E-state index in [-0.39, 0.29) is 0 Å². The molecule has 4 aromatic rings. The first-order valence-electron chi connectivity index (χ1n) is 8.62. The molecule has 0 unspecified atom stereocenters. The lowest BCUT2D eigenvalue weighted by Crippen LogP contribution is -2.18. The topological polar surface area (TPSA) is 91.5 Å². The molecule has 2 aromatic carbocycles. The van der Waals surface area contributed by atoms with Gasteiger partial charge < -0.3 is 5.32 Å². The molecule has 1 amide bonds. The molecule has 0 aliphatic rings. The maximum Gasteiger partial charge on any atom is 0.274 e. The van der Waals surface area contributed by atoms with E-state index < -0.39 is 5.91 Å². The van der Waals surface area contributed by atoms with Crippen LogP contribution in [0.5, 0.6) is 0 Å². The number of amides is 1. The standard InChI is InChI=1S/C20H15Cl2N5O2/c21-15-6-5-14(9-16(15)22)17-10-18(25-19-7-8-24-27(17)19)23-11-12-1-3-13(4-2-12)20(28)26-29/h1-10,29H,11H2,(H,23,25)(H,26,28). The van der Waals surface area contributed by atoms with Gasteiger partial charge in [-0.05, 0) is 29.8 Å². The highest BCUT2D eigenvalue weighted by atomic mass is 35.5. The maximum absolute atomic E-state index is 11.4. The summed E-state index contributed by atoms with van der Waals surface area (Å²) < 4.78 is 1.73. The highest BCUT2D eigenvalue weighted by molar-refractivity contribution is 6.42. The van der Waals surface area contributed by atoms with Crippen LogP contribution in [-0.4, -0.2) is 25.7 Å². The van der Waals surface area contributed by atoms with Crippen LogP contribution in [0, 0.1) is 0 Å². The fraction of sp³-hybridized carbons (Fsp3) is 0.0500. The second-order valence-electron chi connectivity index (χ2n) is 6.25. The summed E-state index contributed by atoms with van der Waals surface area (Å²) in [6.45, 7) is 0.499. The Labute approximate surface area is 175 Å². The van der Waals surface area contributed by atoms with Crippen LogP contribution in [0.1, 0.15) is 15.9 Å². The van der Waals surface area contributed by atoms with Crippen LogP contribution >= 0.6 is 23.2 Å². The van der Waals surface area contributed by atoms with E-state index in [1.165, 1.54) is 0 Å². The first-order chi connectivity index (χ1) is 14.0. The number of nitrogens with zero attached hydrogens (tertiary/aromatic N) is 3. The summed E-state index contributed by atoms with van der Waals surface area (Å²) >= 11 is 12.2. The molecule has 146 valence electrons. The van der Waals surface area contributed by atoms with Gasteiger partial charge >= 0.3 is 0 Å². The van der Waals surface area contributed by atoms with E-state index >= 15 is 0 Å². The Morgan fingerprint density at radius 1 is 1.03 bits per heavy atom. The summed E-state index contributed by atoms with van der Waals surface area (Å²) in [5.74, 6) is 0.111. The van der Waals surface area contributed by atoms with Crippen molar-refractivity contribution < 1.29 is 10.0 Å². The number of hydroxylamine groups is 1. The van der Waals surface area contributed by atoms with Gasteiger partial charge in [0.1, 0.15) is 5.82 Å². The van der Waals surface area contributed by atoms with Gasteiger partial charge in [-0.3, -0.25) is 10.0 Å². The average molecular weight is 428 g/mol. The zero-order chi connectivity index (χ0) is 20.4. The van der Waals surface area contributed by atoms with Crippen LogP contribution in [0.15, 0.2) is 60.8 Å². The van der Waals surface area contributed by atoms with Gasteiger partial charge in [0.05, 0.1) is 21.9 Å². The zero-order valence-electron chi connectivity index (χ0n) is 14.9. The number of carbonyl (C=O) groups excluding carboxylic acids is 1. The largest absolute Gasteiger partial charge is 0.366 e. The van der Waals surface area contributed by atoms with Gasteiger partial charge in [0.25, 0.3) is 5.91 Å². The van der Waals surface area contributed by atoms with Gasteiger partial charge in [-0.1, -0.05) is 41.4 Å². The highest BCUT2D eigenvalue weighted by Crippen LogP contribution is 2.29. The van der Waals surface area contributed by atoms with Crippen LogP contribution < -0.4 is 10.8 Å². The van der Waals surface area contributed by atoms with Crippen molar-refractivity contribution in [1.82, 2.24) is 20.1 Å². The lowest BCUT2D eigenvalue weighted by atomic mass is 10.1. The van der Waals surface area contributed by atoms with Crippen LogP contribution in [0.2, 0.25) is 10.0 Å². The number of hydrogen-bond donors (Lipinski definition) is 3. The predicted octanol–water partition coefficient (Wildman–Crippen LogP) is 4.43. The first-order valence-corrected chi connectivity index (χ1v) is 9.38. The summed E-state index contributed by atoms with van der Waals surface area (Å²) in [5, 5.41) is 17.2. The summed E-state index contributed by atoms with van der Waals surface area (Å²) in [4.78, 5) is 16.0. The number of rotatable bonds is 5. The van der Waals surface area contributed by atoms with Gasteiger partial charge in [0.15, 0.2) is 5.65 Å². The van der Waals surface area contributed by atoms with Crippen LogP contribution in [-0.2, 0) is 6.54 Å². The second-order valence-corrected chi connectivity index (χ2v) is 7.06. The van der Waals surface area contributed by atoms with Crippen molar-refractivity contribution in [2.45, 2.75) is 6.54 Å². The predicted molar refractivity (Wildman–Crippen MR) is 111 cm³/mol. The molecule has 0 fully saturated rings. The molecule has 7 nitrogen and oxygen atoms in total. The Bertz CT molecular complexity index is 1190. The Hall–Kier alpha value is -3.13. The third-order valence-corrected chi connectivity index (χ3v) is 5.11.